The van der Waals surface area contributed by atoms with Gasteiger partial charge < -0.3 is 13.7 Å². The average molecular weight is 342 g/mol. The molecule has 1 aliphatic carbocycles. The summed E-state index contributed by atoms with van der Waals surface area (Å²) >= 11 is 1.51. The molecule has 0 aromatic carbocycles. The van der Waals surface area contributed by atoms with Crippen molar-refractivity contribution in [2.75, 3.05) is 7.11 Å². The summed E-state index contributed by atoms with van der Waals surface area (Å²) in [5.41, 5.74) is 4.33. The Hall–Kier alpha value is -2.34. The molecule has 4 rings (SSSR count). The van der Waals surface area contributed by atoms with E-state index in [2.05, 4.69) is 11.5 Å². The highest BCUT2D eigenvalue weighted by molar-refractivity contribution is 7.13. The molecule has 124 valence electrons. The van der Waals surface area contributed by atoms with Crippen molar-refractivity contribution in [1.29, 1.82) is 0 Å². The van der Waals surface area contributed by atoms with Crippen LogP contribution in [0, 0.1) is 13.8 Å². The lowest BCUT2D eigenvalue weighted by Gasteiger charge is -2.06. The molecule has 0 bridgehead atoms. The Morgan fingerprint density at radius 1 is 1.38 bits per heavy atom. The molecule has 3 aromatic heterocycles. The molecule has 0 N–H and O–H groups in total. The fourth-order valence-corrected chi connectivity index (χ4v) is 4.08. The van der Waals surface area contributed by atoms with Gasteiger partial charge in [-0.3, -0.25) is 0 Å². The topological polar surface area (TPSA) is 57.3 Å². The summed E-state index contributed by atoms with van der Waals surface area (Å²) in [6.45, 7) is 4.04. The van der Waals surface area contributed by atoms with E-state index in [0.29, 0.717) is 11.6 Å². The van der Waals surface area contributed by atoms with Crippen LogP contribution in [-0.2, 0) is 4.74 Å². The molecule has 5 nitrogen and oxygen atoms in total. The minimum atomic E-state index is -0.308. The second-order valence-corrected chi connectivity index (χ2v) is 6.89. The molecular weight excluding hydrogens is 324 g/mol. The van der Waals surface area contributed by atoms with E-state index in [9.17, 15) is 4.79 Å². The van der Waals surface area contributed by atoms with E-state index in [1.165, 1.54) is 18.4 Å². The molecule has 0 saturated heterocycles. The molecule has 0 amide bonds. The summed E-state index contributed by atoms with van der Waals surface area (Å²) in [6, 6.07) is 4.22. The Labute approximate surface area is 143 Å². The minimum absolute atomic E-state index is 0.308. The van der Waals surface area contributed by atoms with Gasteiger partial charge in [0.05, 0.1) is 24.6 Å². The Morgan fingerprint density at radius 3 is 2.79 bits per heavy atom. The van der Waals surface area contributed by atoms with Gasteiger partial charge in [0.25, 0.3) is 0 Å². The van der Waals surface area contributed by atoms with Gasteiger partial charge in [-0.15, -0.1) is 11.3 Å². The molecule has 3 heterocycles. The third kappa shape index (κ3) is 2.29. The van der Waals surface area contributed by atoms with Gasteiger partial charge in [-0.2, -0.15) is 0 Å². The van der Waals surface area contributed by atoms with E-state index in [-0.39, 0.29) is 5.97 Å². The van der Waals surface area contributed by atoms with Gasteiger partial charge >= 0.3 is 5.97 Å². The van der Waals surface area contributed by atoms with Crippen molar-refractivity contribution in [3.8, 4) is 22.0 Å². The van der Waals surface area contributed by atoms with Crippen LogP contribution in [0.15, 0.2) is 28.2 Å². The number of hydrogen-bond acceptors (Lipinski definition) is 5. The standard InChI is InChI=1S/C18H18N2O3S/c1-10-15(13-9-24-17(19-13)14-5-4-8-23-14)16(18(21)22-3)11(2)20(10)12-6-7-12/h4-5,8-9,12H,6-7H2,1-3H3. The summed E-state index contributed by atoms with van der Waals surface area (Å²) in [6.07, 6.45) is 3.95. The van der Waals surface area contributed by atoms with Crippen LogP contribution in [0.1, 0.15) is 40.6 Å². The Morgan fingerprint density at radius 2 is 2.17 bits per heavy atom. The predicted octanol–water partition coefficient (Wildman–Crippen LogP) is 4.61. The van der Waals surface area contributed by atoms with Gasteiger partial charge in [-0.05, 0) is 38.8 Å². The molecule has 1 aliphatic rings. The molecule has 24 heavy (non-hydrogen) atoms. The number of thiazole rings is 1. The number of esters is 1. The number of methoxy groups -OCH3 is 1. The SMILES string of the molecule is COC(=O)c1c(-c2csc(-c3ccco3)n2)c(C)n(C2CC2)c1C. The first-order valence-electron chi connectivity index (χ1n) is 7.91. The van der Waals surface area contributed by atoms with Gasteiger partial charge in [0.2, 0.25) is 0 Å². The highest BCUT2D eigenvalue weighted by Crippen LogP contribution is 2.43. The zero-order chi connectivity index (χ0) is 16.8. The molecule has 6 heteroatoms. The lowest BCUT2D eigenvalue weighted by Crippen LogP contribution is -2.05. The van der Waals surface area contributed by atoms with Crippen molar-refractivity contribution in [2.45, 2.75) is 32.7 Å². The summed E-state index contributed by atoms with van der Waals surface area (Å²) in [5, 5.41) is 2.78. The quantitative estimate of drug-likeness (QED) is 0.650. The first kappa shape index (κ1) is 15.2. The Balaban J connectivity index is 1.88. The molecule has 3 aromatic rings. The van der Waals surface area contributed by atoms with E-state index < -0.39 is 0 Å². The Kier molecular flexibility index (Phi) is 3.57. The second kappa shape index (κ2) is 5.63. The summed E-state index contributed by atoms with van der Waals surface area (Å²) in [5.74, 6) is 0.430. The van der Waals surface area contributed by atoms with Gasteiger partial charge in [0.15, 0.2) is 10.8 Å². The lowest BCUT2D eigenvalue weighted by molar-refractivity contribution is 0.0600. The third-order valence-corrected chi connectivity index (χ3v) is 5.35. The van der Waals surface area contributed by atoms with Crippen LogP contribution >= 0.6 is 11.3 Å². The highest BCUT2D eigenvalue weighted by atomic mass is 32.1. The summed E-state index contributed by atoms with van der Waals surface area (Å²) in [4.78, 5) is 17.1. The van der Waals surface area contributed by atoms with Crippen LogP contribution < -0.4 is 0 Å². The van der Waals surface area contributed by atoms with E-state index in [0.717, 1.165) is 46.3 Å². The number of nitrogens with zero attached hydrogens (tertiary/aromatic N) is 2. The summed E-state index contributed by atoms with van der Waals surface area (Å²) in [7, 11) is 1.42. The maximum Gasteiger partial charge on any atom is 0.340 e. The maximum absolute atomic E-state index is 12.4. The van der Waals surface area contributed by atoms with Crippen LogP contribution in [0.5, 0.6) is 0 Å². The van der Waals surface area contributed by atoms with Crippen molar-refractivity contribution in [2.24, 2.45) is 0 Å². The molecule has 0 aliphatic heterocycles. The first-order valence-corrected chi connectivity index (χ1v) is 8.79. The Bertz CT molecular complexity index is 901. The van der Waals surface area contributed by atoms with Crippen LogP contribution in [0.2, 0.25) is 0 Å². The minimum Gasteiger partial charge on any atom is -0.465 e. The molecule has 1 fully saturated rings. The fourth-order valence-electron chi connectivity index (χ4n) is 3.30. The zero-order valence-corrected chi connectivity index (χ0v) is 14.6. The lowest BCUT2D eigenvalue weighted by atomic mass is 10.1. The number of aromatic nitrogens is 2. The van der Waals surface area contributed by atoms with Gasteiger partial charge in [0, 0.05) is 28.4 Å². The zero-order valence-electron chi connectivity index (χ0n) is 13.8. The van der Waals surface area contributed by atoms with Crippen molar-refractivity contribution in [3.05, 3.63) is 40.7 Å². The predicted molar refractivity (Wildman–Crippen MR) is 92.3 cm³/mol. The number of hydrogen-bond donors (Lipinski definition) is 0. The van der Waals surface area contributed by atoms with E-state index >= 15 is 0 Å². The second-order valence-electron chi connectivity index (χ2n) is 6.03. The van der Waals surface area contributed by atoms with Crippen molar-refractivity contribution in [3.63, 3.8) is 0 Å². The monoisotopic (exact) mass is 342 g/mol. The van der Waals surface area contributed by atoms with E-state index in [4.69, 9.17) is 14.1 Å². The molecule has 0 radical (unpaired) electrons. The number of rotatable bonds is 4. The van der Waals surface area contributed by atoms with Crippen molar-refractivity contribution < 1.29 is 13.9 Å². The number of furan rings is 1. The largest absolute Gasteiger partial charge is 0.465 e. The average Bonchev–Trinajstić information content (AvgIpc) is 3.02. The summed E-state index contributed by atoms with van der Waals surface area (Å²) < 4.78 is 12.7. The van der Waals surface area contributed by atoms with Crippen molar-refractivity contribution in [1.82, 2.24) is 9.55 Å². The van der Waals surface area contributed by atoms with Gasteiger partial charge in [0.1, 0.15) is 0 Å². The first-order chi connectivity index (χ1) is 11.6. The van der Waals surface area contributed by atoms with Crippen LogP contribution in [0.25, 0.3) is 22.0 Å². The number of carbonyl (C=O) groups excluding carboxylic acids is 1. The van der Waals surface area contributed by atoms with Crippen molar-refractivity contribution >= 4 is 17.3 Å². The van der Waals surface area contributed by atoms with Crippen LogP contribution in [-0.4, -0.2) is 22.6 Å². The number of ether oxygens (including phenoxy) is 1. The van der Waals surface area contributed by atoms with Gasteiger partial charge in [-0.25, -0.2) is 9.78 Å². The van der Waals surface area contributed by atoms with E-state index in [1.807, 2.05) is 24.4 Å². The molecule has 0 spiro atoms. The van der Waals surface area contributed by atoms with Gasteiger partial charge in [-0.1, -0.05) is 0 Å². The fraction of sp³-hybridized carbons (Fsp3) is 0.333. The highest BCUT2D eigenvalue weighted by Gasteiger charge is 2.33. The molecule has 0 unspecified atom stereocenters. The van der Waals surface area contributed by atoms with E-state index in [1.54, 1.807) is 6.26 Å². The smallest absolute Gasteiger partial charge is 0.340 e. The normalized spacial score (nSPS) is 14.1. The van der Waals surface area contributed by atoms with Crippen LogP contribution in [0.4, 0.5) is 0 Å². The molecular formula is C18H18N2O3S. The number of carbonyl (C=O) groups is 1. The molecule has 0 atom stereocenters. The third-order valence-electron chi connectivity index (χ3n) is 4.49. The van der Waals surface area contributed by atoms with Crippen LogP contribution in [0.3, 0.4) is 0 Å². The molecule has 1 saturated carbocycles. The maximum atomic E-state index is 12.4.